The molecular formula is C14H26O3. The molecule has 0 fully saturated rings. The van der Waals surface area contributed by atoms with Gasteiger partial charge in [-0.1, -0.05) is 17.7 Å². The number of hydrogen-bond acceptors (Lipinski definition) is 3. The summed E-state index contributed by atoms with van der Waals surface area (Å²) in [4.78, 5) is 0. The second kappa shape index (κ2) is 6.34. The first-order valence-electron chi connectivity index (χ1n) is 6.00. The van der Waals surface area contributed by atoms with E-state index in [2.05, 4.69) is 6.58 Å². The van der Waals surface area contributed by atoms with E-state index in [4.69, 9.17) is 0 Å². The number of allylic oxidation sites excluding steroid dienone is 1. The van der Waals surface area contributed by atoms with E-state index in [1.807, 2.05) is 13.0 Å². The van der Waals surface area contributed by atoms with Crippen molar-refractivity contribution in [3.8, 4) is 0 Å². The van der Waals surface area contributed by atoms with Crippen molar-refractivity contribution < 1.29 is 15.3 Å². The molecule has 0 aromatic carbocycles. The van der Waals surface area contributed by atoms with Crippen LogP contribution < -0.4 is 0 Å². The minimum absolute atomic E-state index is 0.515. The summed E-state index contributed by atoms with van der Waals surface area (Å²) < 4.78 is 0. The summed E-state index contributed by atoms with van der Waals surface area (Å²) in [7, 11) is 0. The van der Waals surface area contributed by atoms with Gasteiger partial charge in [-0.2, -0.15) is 0 Å². The van der Waals surface area contributed by atoms with Gasteiger partial charge < -0.3 is 15.3 Å². The number of aliphatic hydroxyl groups is 3. The molecule has 0 rings (SSSR count). The lowest BCUT2D eigenvalue weighted by molar-refractivity contribution is -0.0509. The molecule has 0 aromatic rings. The lowest BCUT2D eigenvalue weighted by Crippen LogP contribution is -2.35. The number of aliphatic hydroxyl groups excluding tert-OH is 1. The monoisotopic (exact) mass is 242 g/mol. The molecule has 0 radical (unpaired) electrons. The van der Waals surface area contributed by atoms with E-state index in [-0.39, 0.29) is 0 Å². The fourth-order valence-electron chi connectivity index (χ4n) is 1.28. The lowest BCUT2D eigenvalue weighted by Gasteiger charge is -2.24. The third kappa shape index (κ3) is 7.31. The summed E-state index contributed by atoms with van der Waals surface area (Å²) in [5.41, 5.74) is -0.848. The minimum Gasteiger partial charge on any atom is -0.390 e. The highest BCUT2D eigenvalue weighted by Crippen LogP contribution is 2.18. The molecular weight excluding hydrogens is 216 g/mol. The topological polar surface area (TPSA) is 60.7 Å². The summed E-state index contributed by atoms with van der Waals surface area (Å²) in [6, 6.07) is 0. The Labute approximate surface area is 104 Å². The van der Waals surface area contributed by atoms with Crippen LogP contribution in [0.3, 0.4) is 0 Å². The second-order valence-electron chi connectivity index (χ2n) is 5.52. The van der Waals surface area contributed by atoms with Crippen molar-refractivity contribution in [3.63, 3.8) is 0 Å². The maximum atomic E-state index is 9.73. The molecule has 0 aliphatic rings. The Hall–Kier alpha value is -0.640. The van der Waals surface area contributed by atoms with E-state index < -0.39 is 17.3 Å². The average Bonchev–Trinajstić information content (AvgIpc) is 2.21. The van der Waals surface area contributed by atoms with Crippen molar-refractivity contribution in [3.05, 3.63) is 24.3 Å². The third-order valence-corrected chi connectivity index (χ3v) is 2.93. The Morgan fingerprint density at radius 1 is 1.29 bits per heavy atom. The summed E-state index contributed by atoms with van der Waals surface area (Å²) in [6.45, 7) is 10.4. The molecule has 0 heterocycles. The van der Waals surface area contributed by atoms with Crippen LogP contribution in [0.25, 0.3) is 0 Å². The molecule has 0 aliphatic heterocycles. The molecule has 0 spiro atoms. The summed E-state index contributed by atoms with van der Waals surface area (Å²) >= 11 is 0. The van der Waals surface area contributed by atoms with Gasteiger partial charge in [-0.15, -0.1) is 6.58 Å². The first-order chi connectivity index (χ1) is 7.58. The predicted octanol–water partition coefficient (Wildman–Crippen LogP) is 2.17. The molecule has 17 heavy (non-hydrogen) atoms. The Kier molecular flexibility index (Phi) is 6.10. The highest BCUT2D eigenvalue weighted by molar-refractivity contribution is 5.05. The van der Waals surface area contributed by atoms with Crippen molar-refractivity contribution in [1.82, 2.24) is 0 Å². The van der Waals surface area contributed by atoms with Crippen molar-refractivity contribution in [2.75, 3.05) is 0 Å². The SMILES string of the molecule is C=CC(C)(O)C/C=C(\C)CC[C@@H](O)C(C)(C)O. The van der Waals surface area contributed by atoms with Gasteiger partial charge in [0.2, 0.25) is 0 Å². The zero-order chi connectivity index (χ0) is 13.7. The van der Waals surface area contributed by atoms with Crippen LogP contribution in [0, 0.1) is 0 Å². The molecule has 0 amide bonds. The fraction of sp³-hybridized carbons (Fsp3) is 0.714. The van der Waals surface area contributed by atoms with E-state index in [1.165, 1.54) is 6.08 Å². The maximum Gasteiger partial charge on any atom is 0.0849 e. The van der Waals surface area contributed by atoms with Crippen LogP contribution in [0.2, 0.25) is 0 Å². The highest BCUT2D eigenvalue weighted by Gasteiger charge is 2.23. The van der Waals surface area contributed by atoms with E-state index >= 15 is 0 Å². The van der Waals surface area contributed by atoms with E-state index in [0.29, 0.717) is 19.3 Å². The van der Waals surface area contributed by atoms with Crippen molar-refractivity contribution in [2.45, 2.75) is 64.3 Å². The van der Waals surface area contributed by atoms with Crippen molar-refractivity contribution in [1.29, 1.82) is 0 Å². The fourth-order valence-corrected chi connectivity index (χ4v) is 1.28. The van der Waals surface area contributed by atoms with Crippen LogP contribution in [0.1, 0.15) is 47.0 Å². The normalized spacial score (nSPS) is 18.6. The smallest absolute Gasteiger partial charge is 0.0849 e. The van der Waals surface area contributed by atoms with Crippen molar-refractivity contribution >= 4 is 0 Å². The Balaban J connectivity index is 4.15. The van der Waals surface area contributed by atoms with Gasteiger partial charge in [0.25, 0.3) is 0 Å². The Morgan fingerprint density at radius 3 is 2.24 bits per heavy atom. The standard InChI is InChI=1S/C14H26O3/c1-6-14(5,17)10-9-11(2)7-8-12(15)13(3,4)16/h6,9,12,15-17H,1,7-8,10H2,2-5H3/b11-9+/t12-,14?/m1/s1. The molecule has 0 aromatic heterocycles. The predicted molar refractivity (Wildman–Crippen MR) is 70.7 cm³/mol. The van der Waals surface area contributed by atoms with Gasteiger partial charge in [0.1, 0.15) is 0 Å². The summed E-state index contributed by atoms with van der Waals surface area (Å²) in [5, 5.41) is 29.0. The molecule has 3 N–H and O–H groups in total. The van der Waals surface area contributed by atoms with Crippen LogP contribution in [-0.2, 0) is 0 Å². The van der Waals surface area contributed by atoms with Gasteiger partial charge >= 0.3 is 0 Å². The molecule has 2 atom stereocenters. The summed E-state index contributed by atoms with van der Waals surface area (Å²) in [6.07, 6.45) is 4.47. The van der Waals surface area contributed by atoms with E-state index in [9.17, 15) is 15.3 Å². The molecule has 3 nitrogen and oxygen atoms in total. The molecule has 3 heteroatoms. The van der Waals surface area contributed by atoms with Crippen LogP contribution >= 0.6 is 0 Å². The molecule has 0 aliphatic carbocycles. The van der Waals surface area contributed by atoms with Gasteiger partial charge in [0, 0.05) is 0 Å². The number of rotatable bonds is 7. The highest BCUT2D eigenvalue weighted by atomic mass is 16.3. The summed E-state index contributed by atoms with van der Waals surface area (Å²) in [5.74, 6) is 0. The van der Waals surface area contributed by atoms with Crippen LogP contribution in [0.15, 0.2) is 24.3 Å². The van der Waals surface area contributed by atoms with Gasteiger partial charge in [0.15, 0.2) is 0 Å². The van der Waals surface area contributed by atoms with Gasteiger partial charge in [-0.25, -0.2) is 0 Å². The largest absolute Gasteiger partial charge is 0.390 e. The van der Waals surface area contributed by atoms with Gasteiger partial charge in [-0.3, -0.25) is 0 Å². The molecule has 0 saturated heterocycles. The zero-order valence-electron chi connectivity index (χ0n) is 11.4. The molecule has 100 valence electrons. The first-order valence-corrected chi connectivity index (χ1v) is 6.00. The quantitative estimate of drug-likeness (QED) is 0.600. The minimum atomic E-state index is -1.06. The average molecular weight is 242 g/mol. The Bertz CT molecular complexity index is 272. The van der Waals surface area contributed by atoms with E-state index in [0.717, 1.165) is 5.57 Å². The van der Waals surface area contributed by atoms with Crippen LogP contribution in [0.5, 0.6) is 0 Å². The van der Waals surface area contributed by atoms with E-state index in [1.54, 1.807) is 20.8 Å². The first kappa shape index (κ1) is 16.4. The van der Waals surface area contributed by atoms with Crippen LogP contribution in [-0.4, -0.2) is 32.6 Å². The molecule has 1 unspecified atom stereocenters. The maximum absolute atomic E-state index is 9.73. The number of hydrogen-bond donors (Lipinski definition) is 3. The van der Waals surface area contributed by atoms with Crippen LogP contribution in [0.4, 0.5) is 0 Å². The second-order valence-corrected chi connectivity index (χ2v) is 5.52. The third-order valence-electron chi connectivity index (χ3n) is 2.93. The van der Waals surface area contributed by atoms with Gasteiger partial charge in [-0.05, 0) is 47.0 Å². The lowest BCUT2D eigenvalue weighted by atomic mass is 9.94. The molecule has 0 bridgehead atoms. The Morgan fingerprint density at radius 2 is 1.82 bits per heavy atom. The zero-order valence-corrected chi connectivity index (χ0v) is 11.4. The van der Waals surface area contributed by atoms with Gasteiger partial charge in [0.05, 0.1) is 17.3 Å². The van der Waals surface area contributed by atoms with Crippen molar-refractivity contribution in [2.24, 2.45) is 0 Å². The molecule has 0 saturated carbocycles.